The summed E-state index contributed by atoms with van der Waals surface area (Å²) in [5.74, 6) is -2.88. The number of esters is 3. The van der Waals surface area contributed by atoms with Crippen LogP contribution in [0.4, 0.5) is 4.39 Å². The van der Waals surface area contributed by atoms with Gasteiger partial charge in [-0.3, -0.25) is 0 Å². The lowest BCUT2D eigenvalue weighted by atomic mass is 9.97. The van der Waals surface area contributed by atoms with Gasteiger partial charge in [0.2, 0.25) is 0 Å². The molecule has 0 unspecified atom stereocenters. The number of carbonyl (C=O) groups is 3. The predicted molar refractivity (Wildman–Crippen MR) is 124 cm³/mol. The van der Waals surface area contributed by atoms with E-state index in [-0.39, 0.29) is 35.7 Å². The van der Waals surface area contributed by atoms with Crippen LogP contribution >= 0.6 is 0 Å². The molecule has 2 rings (SSSR count). The zero-order valence-electron chi connectivity index (χ0n) is 19.4. The summed E-state index contributed by atoms with van der Waals surface area (Å²) in [6.07, 6.45) is 0.454. The van der Waals surface area contributed by atoms with Crippen molar-refractivity contribution in [2.24, 2.45) is 0 Å². The summed E-state index contributed by atoms with van der Waals surface area (Å²) in [7, 11) is 1.55. The maximum atomic E-state index is 14.5. The van der Waals surface area contributed by atoms with Gasteiger partial charge in [0.05, 0.1) is 12.2 Å². The van der Waals surface area contributed by atoms with Crippen LogP contribution in [0.5, 0.6) is 5.75 Å². The topological polar surface area (TPSA) is 88.1 Å². The fourth-order valence-corrected chi connectivity index (χ4v) is 2.80. The van der Waals surface area contributed by atoms with Crippen LogP contribution in [0, 0.1) is 5.82 Å². The molecule has 0 heterocycles. The molecule has 34 heavy (non-hydrogen) atoms. The molecule has 0 radical (unpaired) electrons. The maximum Gasteiger partial charge on any atom is 0.338 e. The van der Waals surface area contributed by atoms with Gasteiger partial charge < -0.3 is 18.9 Å². The molecule has 180 valence electrons. The van der Waals surface area contributed by atoms with E-state index in [1.807, 2.05) is 0 Å². The van der Waals surface area contributed by atoms with Crippen molar-refractivity contribution in [2.75, 3.05) is 26.9 Å². The summed E-state index contributed by atoms with van der Waals surface area (Å²) >= 11 is 0. The Balaban J connectivity index is 2.24. The van der Waals surface area contributed by atoms with E-state index in [1.165, 1.54) is 26.0 Å². The van der Waals surface area contributed by atoms with E-state index in [0.717, 1.165) is 0 Å². The SMILES string of the molecule is C=C(C)C(=O)OCCOC(=O)c1cc(-c2ccc(OC(=O)C(=C)C)c(F)c2)ccc1CCOC. The molecule has 0 saturated heterocycles. The van der Waals surface area contributed by atoms with Crippen LogP contribution in [0.1, 0.15) is 29.8 Å². The molecule has 0 atom stereocenters. The van der Waals surface area contributed by atoms with Gasteiger partial charge in [-0.1, -0.05) is 31.4 Å². The number of hydrogen-bond acceptors (Lipinski definition) is 7. The number of benzene rings is 2. The molecule has 0 spiro atoms. The third kappa shape index (κ3) is 7.38. The van der Waals surface area contributed by atoms with Crippen LogP contribution < -0.4 is 4.74 Å². The monoisotopic (exact) mass is 470 g/mol. The van der Waals surface area contributed by atoms with Crippen LogP contribution in [0.2, 0.25) is 0 Å². The lowest BCUT2D eigenvalue weighted by Crippen LogP contribution is -2.16. The molecule has 0 aromatic heterocycles. The highest BCUT2D eigenvalue weighted by Gasteiger charge is 2.17. The molecule has 0 fully saturated rings. The molecule has 8 heteroatoms. The Morgan fingerprint density at radius 1 is 0.853 bits per heavy atom. The Bertz CT molecular complexity index is 1100. The second kappa shape index (κ2) is 12.5. The summed E-state index contributed by atoms with van der Waals surface area (Å²) < 4.78 is 34.8. The third-order valence-corrected chi connectivity index (χ3v) is 4.62. The highest BCUT2D eigenvalue weighted by Crippen LogP contribution is 2.28. The first-order valence-corrected chi connectivity index (χ1v) is 10.4. The minimum atomic E-state index is -0.737. The molecule has 0 bridgehead atoms. The number of rotatable bonds is 11. The highest BCUT2D eigenvalue weighted by atomic mass is 19.1. The van der Waals surface area contributed by atoms with E-state index in [0.29, 0.717) is 29.7 Å². The first-order chi connectivity index (χ1) is 16.1. The summed E-state index contributed by atoms with van der Waals surface area (Å²) in [4.78, 5) is 35.8. The van der Waals surface area contributed by atoms with Gasteiger partial charge in [-0.25, -0.2) is 18.8 Å². The predicted octanol–water partition coefficient (Wildman–Crippen LogP) is 4.44. The van der Waals surface area contributed by atoms with Gasteiger partial charge in [-0.05, 0) is 55.2 Å². The molecule has 0 amide bonds. The van der Waals surface area contributed by atoms with E-state index in [9.17, 15) is 18.8 Å². The van der Waals surface area contributed by atoms with Crippen molar-refractivity contribution < 1.29 is 37.7 Å². The van der Waals surface area contributed by atoms with E-state index < -0.39 is 23.7 Å². The quantitative estimate of drug-likeness (QED) is 0.208. The lowest BCUT2D eigenvalue weighted by molar-refractivity contribution is -0.140. The third-order valence-electron chi connectivity index (χ3n) is 4.62. The molecular weight excluding hydrogens is 443 g/mol. The Kier molecular flexibility index (Phi) is 9.70. The zero-order chi connectivity index (χ0) is 25.3. The minimum absolute atomic E-state index is 0.111. The van der Waals surface area contributed by atoms with Crippen molar-refractivity contribution in [3.8, 4) is 16.9 Å². The van der Waals surface area contributed by atoms with Crippen molar-refractivity contribution >= 4 is 17.9 Å². The van der Waals surface area contributed by atoms with Crippen LogP contribution in [0.15, 0.2) is 60.7 Å². The van der Waals surface area contributed by atoms with Gasteiger partial charge in [0, 0.05) is 18.3 Å². The molecule has 0 N–H and O–H groups in total. The zero-order valence-corrected chi connectivity index (χ0v) is 19.4. The number of halogens is 1. The summed E-state index contributed by atoms with van der Waals surface area (Å²) in [6.45, 7) is 10.1. The second-order valence-corrected chi connectivity index (χ2v) is 7.48. The Hall–Kier alpha value is -3.78. The molecular formula is C26H27FO7. The minimum Gasteiger partial charge on any atom is -0.459 e. The van der Waals surface area contributed by atoms with E-state index in [1.54, 1.807) is 31.4 Å². The van der Waals surface area contributed by atoms with Gasteiger partial charge >= 0.3 is 17.9 Å². The average molecular weight is 470 g/mol. The van der Waals surface area contributed by atoms with E-state index in [4.69, 9.17) is 18.9 Å². The lowest BCUT2D eigenvalue weighted by Gasteiger charge is -2.13. The average Bonchev–Trinajstić information content (AvgIpc) is 2.81. The Morgan fingerprint density at radius 3 is 2.09 bits per heavy atom. The fraction of sp³-hybridized carbons (Fsp3) is 0.269. The van der Waals surface area contributed by atoms with Crippen molar-refractivity contribution in [3.05, 3.63) is 77.6 Å². The van der Waals surface area contributed by atoms with Crippen molar-refractivity contribution in [1.82, 2.24) is 0 Å². The maximum absolute atomic E-state index is 14.5. The standard InChI is InChI=1S/C26H27FO7/c1-16(2)24(28)32-12-13-33-26(30)21-14-19(7-6-18(21)10-11-31-5)20-8-9-23(22(27)15-20)34-25(29)17(3)4/h6-9,14-15H,1,3,10-13H2,2,4-5H3. The van der Waals surface area contributed by atoms with E-state index in [2.05, 4.69) is 13.2 Å². The smallest absolute Gasteiger partial charge is 0.338 e. The number of methoxy groups -OCH3 is 1. The number of ether oxygens (including phenoxy) is 4. The molecule has 0 aliphatic heterocycles. The molecule has 0 aliphatic carbocycles. The van der Waals surface area contributed by atoms with Crippen LogP contribution in [0.3, 0.4) is 0 Å². The van der Waals surface area contributed by atoms with E-state index >= 15 is 0 Å². The number of carbonyl (C=O) groups excluding carboxylic acids is 3. The highest BCUT2D eigenvalue weighted by molar-refractivity contribution is 5.93. The molecule has 7 nitrogen and oxygen atoms in total. The van der Waals surface area contributed by atoms with Gasteiger partial charge in [0.25, 0.3) is 0 Å². The molecule has 2 aromatic rings. The van der Waals surface area contributed by atoms with Gasteiger partial charge in [0.1, 0.15) is 13.2 Å². The Morgan fingerprint density at radius 2 is 1.47 bits per heavy atom. The second-order valence-electron chi connectivity index (χ2n) is 7.48. The summed E-state index contributed by atoms with van der Waals surface area (Å²) in [6, 6.07) is 9.17. The van der Waals surface area contributed by atoms with Crippen molar-refractivity contribution in [3.63, 3.8) is 0 Å². The van der Waals surface area contributed by atoms with Crippen molar-refractivity contribution in [1.29, 1.82) is 0 Å². The van der Waals surface area contributed by atoms with Crippen LogP contribution in [-0.4, -0.2) is 44.8 Å². The summed E-state index contributed by atoms with van der Waals surface area (Å²) in [5.41, 5.74) is 2.37. The van der Waals surface area contributed by atoms with Crippen LogP contribution in [-0.2, 0) is 30.2 Å². The molecule has 0 saturated carbocycles. The largest absolute Gasteiger partial charge is 0.459 e. The summed E-state index contributed by atoms with van der Waals surface area (Å²) in [5, 5.41) is 0. The van der Waals surface area contributed by atoms with Gasteiger partial charge in [-0.2, -0.15) is 0 Å². The normalized spacial score (nSPS) is 10.4. The Labute approximate surface area is 197 Å². The molecule has 2 aromatic carbocycles. The van der Waals surface area contributed by atoms with Gasteiger partial charge in [-0.15, -0.1) is 0 Å². The first kappa shape index (κ1) is 26.5. The van der Waals surface area contributed by atoms with Gasteiger partial charge in [0.15, 0.2) is 11.6 Å². The fourth-order valence-electron chi connectivity index (χ4n) is 2.80. The first-order valence-electron chi connectivity index (χ1n) is 10.4. The molecule has 0 aliphatic rings. The van der Waals surface area contributed by atoms with Crippen molar-refractivity contribution in [2.45, 2.75) is 20.3 Å². The number of hydrogen-bond donors (Lipinski definition) is 0. The van der Waals surface area contributed by atoms with Crippen LogP contribution in [0.25, 0.3) is 11.1 Å².